The number of rotatable bonds is 4. The topological polar surface area (TPSA) is 79.0 Å². The fraction of sp³-hybridized carbons (Fsp3) is 0.550. The zero-order valence-electron chi connectivity index (χ0n) is 16.7. The van der Waals surface area contributed by atoms with Crippen LogP contribution in [0.5, 0.6) is 0 Å². The Morgan fingerprint density at radius 1 is 1.21 bits per heavy atom. The van der Waals surface area contributed by atoms with Gasteiger partial charge in [0.15, 0.2) is 6.07 Å². The van der Waals surface area contributed by atoms with Gasteiger partial charge in [-0.05, 0) is 33.3 Å². The summed E-state index contributed by atoms with van der Waals surface area (Å²) in [5, 5.41) is 2.77. The third-order valence-corrected chi connectivity index (χ3v) is 7.52. The average Bonchev–Trinajstić information content (AvgIpc) is 3.03. The summed E-state index contributed by atoms with van der Waals surface area (Å²) in [5.74, 6) is -0.802. The number of nitrogens with zero attached hydrogens (tertiary/aromatic N) is 2. The fourth-order valence-corrected chi connectivity index (χ4v) is 6.49. The van der Waals surface area contributed by atoms with E-state index in [4.69, 9.17) is 16.3 Å². The van der Waals surface area contributed by atoms with Gasteiger partial charge in [0.2, 0.25) is 11.8 Å². The molecular formula is C20H24ClN3O4S. The molecule has 4 rings (SSSR count). The quantitative estimate of drug-likeness (QED) is 0.441. The highest BCUT2D eigenvalue weighted by Crippen LogP contribution is 2.54. The van der Waals surface area contributed by atoms with Crippen LogP contribution in [-0.2, 0) is 19.1 Å². The van der Waals surface area contributed by atoms with E-state index < -0.39 is 34.5 Å². The minimum atomic E-state index is -0.705. The van der Waals surface area contributed by atoms with Gasteiger partial charge in [0.25, 0.3) is 0 Å². The molecule has 7 nitrogen and oxygen atoms in total. The van der Waals surface area contributed by atoms with E-state index in [1.54, 1.807) is 16.7 Å². The van der Waals surface area contributed by atoms with E-state index in [1.165, 1.54) is 0 Å². The molecule has 1 aromatic rings. The van der Waals surface area contributed by atoms with Crippen LogP contribution in [0.25, 0.3) is 0 Å². The Labute approximate surface area is 179 Å². The molecule has 0 aromatic heterocycles. The molecule has 3 saturated heterocycles. The largest absolute Gasteiger partial charge is 0.448 e. The molecule has 2 amide bonds. The van der Waals surface area contributed by atoms with Gasteiger partial charge in [-0.15, -0.1) is 11.8 Å². The number of thioether (sulfide) groups is 1. The highest BCUT2D eigenvalue weighted by atomic mass is 35.5. The maximum absolute atomic E-state index is 13.3. The minimum Gasteiger partial charge on any atom is -0.448 e. The molecule has 3 fully saturated rings. The molecule has 156 valence electrons. The molecule has 1 N–H and O–H groups in total. The number of β-lactam (4-membered cyclic amide) rings is 1. The third-order valence-electron chi connectivity index (χ3n) is 5.85. The van der Waals surface area contributed by atoms with Crippen molar-refractivity contribution in [1.82, 2.24) is 15.1 Å². The van der Waals surface area contributed by atoms with Gasteiger partial charge in [0.1, 0.15) is 23.5 Å². The number of fused-ring (bicyclic) bond motifs is 1. The Morgan fingerprint density at radius 3 is 2.48 bits per heavy atom. The van der Waals surface area contributed by atoms with Crippen molar-refractivity contribution in [2.24, 2.45) is 0 Å². The van der Waals surface area contributed by atoms with Gasteiger partial charge in [-0.25, -0.2) is 4.79 Å². The molecule has 0 radical (unpaired) electrons. The molecule has 0 aliphatic carbocycles. The highest BCUT2D eigenvalue weighted by molar-refractivity contribution is 8.01. The molecular weight excluding hydrogens is 414 g/mol. The van der Waals surface area contributed by atoms with Crippen LogP contribution in [0.15, 0.2) is 30.3 Å². The van der Waals surface area contributed by atoms with Gasteiger partial charge in [0.05, 0.1) is 5.66 Å². The SMILES string of the molecule is CC1(C)S[C@@H]2[C@H](N3C(c4ccccc4)C(=O)NC3(C)C)C(=O)N2[C@H]1C(=O)OCCl. The normalized spacial score (nSPS) is 32.5. The van der Waals surface area contributed by atoms with E-state index in [2.05, 4.69) is 5.32 Å². The number of alkyl halides is 1. The van der Waals surface area contributed by atoms with E-state index in [9.17, 15) is 14.4 Å². The lowest BCUT2D eigenvalue weighted by Crippen LogP contribution is -2.73. The number of hydrogen-bond donors (Lipinski definition) is 1. The van der Waals surface area contributed by atoms with Gasteiger partial charge < -0.3 is 15.0 Å². The summed E-state index contributed by atoms with van der Waals surface area (Å²) in [5.41, 5.74) is 0.130. The fourth-order valence-electron chi connectivity index (χ4n) is 4.70. The first kappa shape index (κ1) is 20.5. The van der Waals surface area contributed by atoms with Crippen LogP contribution in [0.3, 0.4) is 0 Å². The summed E-state index contributed by atoms with van der Waals surface area (Å²) < 4.78 is 4.48. The van der Waals surface area contributed by atoms with E-state index in [0.717, 1.165) is 5.56 Å². The van der Waals surface area contributed by atoms with E-state index in [0.29, 0.717) is 0 Å². The van der Waals surface area contributed by atoms with Crippen LogP contribution in [-0.4, -0.2) is 61.5 Å². The molecule has 9 heteroatoms. The van der Waals surface area contributed by atoms with Crippen LogP contribution < -0.4 is 5.32 Å². The number of benzene rings is 1. The molecule has 0 bridgehead atoms. The second-order valence-corrected chi connectivity index (χ2v) is 10.5. The number of ether oxygens (including phenoxy) is 1. The van der Waals surface area contributed by atoms with Crippen LogP contribution in [0.4, 0.5) is 0 Å². The predicted octanol–water partition coefficient (Wildman–Crippen LogP) is 2.07. The Kier molecular flexibility index (Phi) is 4.87. The zero-order chi connectivity index (χ0) is 21.1. The molecule has 0 spiro atoms. The summed E-state index contributed by atoms with van der Waals surface area (Å²) in [6, 6.07) is 7.40. The van der Waals surface area contributed by atoms with Gasteiger partial charge in [-0.2, -0.15) is 0 Å². The number of carbonyl (C=O) groups excluding carboxylic acids is 3. The number of nitrogens with one attached hydrogen (secondary N) is 1. The van der Waals surface area contributed by atoms with Crippen LogP contribution in [0.2, 0.25) is 0 Å². The van der Waals surface area contributed by atoms with Crippen molar-refractivity contribution in [3.8, 4) is 0 Å². The first-order chi connectivity index (χ1) is 13.6. The average molecular weight is 438 g/mol. The van der Waals surface area contributed by atoms with Gasteiger partial charge in [0, 0.05) is 4.75 Å². The number of esters is 1. The molecule has 3 aliphatic heterocycles. The molecule has 3 heterocycles. The molecule has 1 unspecified atom stereocenters. The number of carbonyl (C=O) groups is 3. The van der Waals surface area contributed by atoms with Crippen LogP contribution in [0.1, 0.15) is 39.3 Å². The lowest BCUT2D eigenvalue weighted by atomic mass is 9.92. The van der Waals surface area contributed by atoms with Gasteiger partial charge in [-0.1, -0.05) is 41.9 Å². The van der Waals surface area contributed by atoms with E-state index >= 15 is 0 Å². The van der Waals surface area contributed by atoms with Crippen molar-refractivity contribution in [2.75, 3.05) is 6.07 Å². The van der Waals surface area contributed by atoms with E-state index in [-0.39, 0.29) is 23.3 Å². The highest BCUT2D eigenvalue weighted by Gasteiger charge is 2.68. The molecule has 29 heavy (non-hydrogen) atoms. The van der Waals surface area contributed by atoms with Crippen LogP contribution >= 0.6 is 23.4 Å². The van der Waals surface area contributed by atoms with Crippen molar-refractivity contribution in [1.29, 1.82) is 0 Å². The number of halogens is 1. The van der Waals surface area contributed by atoms with Gasteiger partial charge in [-0.3, -0.25) is 14.5 Å². The van der Waals surface area contributed by atoms with Crippen LogP contribution in [0, 0.1) is 0 Å². The lowest BCUT2D eigenvalue weighted by molar-refractivity contribution is -0.171. The Balaban J connectivity index is 1.69. The number of hydrogen-bond acceptors (Lipinski definition) is 6. The minimum absolute atomic E-state index is 0.132. The first-order valence-electron chi connectivity index (χ1n) is 9.48. The lowest BCUT2D eigenvalue weighted by Gasteiger charge is -2.51. The summed E-state index contributed by atoms with van der Waals surface area (Å²) in [4.78, 5) is 42.2. The second-order valence-electron chi connectivity index (χ2n) is 8.55. The van der Waals surface area contributed by atoms with Crippen molar-refractivity contribution in [3.05, 3.63) is 35.9 Å². The maximum Gasteiger partial charge on any atom is 0.331 e. The predicted molar refractivity (Wildman–Crippen MR) is 110 cm³/mol. The second kappa shape index (κ2) is 6.89. The molecule has 1 aromatic carbocycles. The van der Waals surface area contributed by atoms with Crippen molar-refractivity contribution < 1.29 is 19.1 Å². The molecule has 4 atom stereocenters. The summed E-state index contributed by atoms with van der Waals surface area (Å²) in [6.07, 6.45) is 0. The van der Waals surface area contributed by atoms with Crippen molar-refractivity contribution in [3.63, 3.8) is 0 Å². The van der Waals surface area contributed by atoms with Crippen molar-refractivity contribution >= 4 is 41.1 Å². The summed E-state index contributed by atoms with van der Waals surface area (Å²) >= 11 is 7.13. The Hall–Kier alpha value is -1.77. The zero-order valence-corrected chi connectivity index (χ0v) is 18.3. The monoisotopic (exact) mass is 437 g/mol. The van der Waals surface area contributed by atoms with E-state index in [1.807, 2.05) is 62.9 Å². The summed E-state index contributed by atoms with van der Waals surface area (Å²) in [7, 11) is 0. The smallest absolute Gasteiger partial charge is 0.331 e. The van der Waals surface area contributed by atoms with Gasteiger partial charge >= 0.3 is 5.97 Å². The first-order valence-corrected chi connectivity index (χ1v) is 10.9. The number of amides is 2. The Morgan fingerprint density at radius 2 is 1.86 bits per heavy atom. The molecule has 0 saturated carbocycles. The molecule has 3 aliphatic rings. The van der Waals surface area contributed by atoms with Crippen molar-refractivity contribution in [2.45, 2.75) is 61.6 Å². The summed E-state index contributed by atoms with van der Waals surface area (Å²) in [6.45, 7) is 7.64. The Bertz CT molecular complexity index is 863. The maximum atomic E-state index is 13.3. The standard InChI is InChI=1S/C20H24ClN3O4S/c1-19(2)14(18(27)28-10-21)23-16(26)13(17(23)29-19)24-12(11-8-6-5-7-9-11)15(25)22-20(24,3)4/h5-9,12-14,17H,10H2,1-4H3,(H,22,25)/t12?,13-,14+,17-/m1/s1. The third kappa shape index (κ3) is 3.04.